The van der Waals surface area contributed by atoms with E-state index < -0.39 is 6.04 Å². The zero-order valence-corrected chi connectivity index (χ0v) is 22.1. The van der Waals surface area contributed by atoms with Gasteiger partial charge in [-0.1, -0.05) is 55.6 Å². The summed E-state index contributed by atoms with van der Waals surface area (Å²) in [5.41, 5.74) is 4.25. The molecule has 1 atom stereocenters. The lowest BCUT2D eigenvalue weighted by Crippen LogP contribution is -2.29. The minimum Gasteiger partial charge on any atom is -0.507 e. The highest BCUT2D eigenvalue weighted by molar-refractivity contribution is 6.31. The van der Waals surface area contributed by atoms with Crippen LogP contribution in [0.1, 0.15) is 65.0 Å². The first-order valence-corrected chi connectivity index (χ1v) is 13.1. The molecule has 4 aromatic rings. The number of carbonyl (C=O) groups excluding carboxylic acids is 1. The number of nitrogens with zero attached hydrogens (tertiary/aromatic N) is 2. The topological polar surface area (TPSA) is 78.5 Å². The molecule has 196 valence electrons. The minimum absolute atomic E-state index is 0.0254. The Hall–Kier alpha value is -3.84. The summed E-state index contributed by atoms with van der Waals surface area (Å²) in [7, 11) is 0. The second-order valence-corrected chi connectivity index (χ2v) is 9.98. The second-order valence-electron chi connectivity index (χ2n) is 9.57. The fourth-order valence-electron chi connectivity index (χ4n) is 4.87. The Morgan fingerprint density at radius 3 is 2.68 bits per heavy atom. The molecular weight excluding hydrogens is 505 g/mol. The number of phenols is 1. The first kappa shape index (κ1) is 25.8. The highest BCUT2D eigenvalue weighted by Gasteiger charge is 2.42. The molecule has 8 heteroatoms. The first-order valence-electron chi connectivity index (χ1n) is 12.7. The van der Waals surface area contributed by atoms with E-state index in [-0.39, 0.29) is 24.0 Å². The number of phenolic OH excluding ortho intramolecular Hbond substituents is 1. The highest BCUT2D eigenvalue weighted by atomic mass is 35.5. The summed E-state index contributed by atoms with van der Waals surface area (Å²) in [6, 6.07) is 16.5. The van der Waals surface area contributed by atoms with Crippen molar-refractivity contribution in [1.29, 1.82) is 0 Å². The van der Waals surface area contributed by atoms with Gasteiger partial charge in [-0.25, -0.2) is 4.39 Å². The van der Waals surface area contributed by atoms with E-state index in [0.29, 0.717) is 39.9 Å². The van der Waals surface area contributed by atoms with Gasteiger partial charge in [0.05, 0.1) is 12.6 Å². The van der Waals surface area contributed by atoms with Gasteiger partial charge < -0.3 is 14.7 Å². The molecule has 1 unspecified atom stereocenters. The Morgan fingerprint density at radius 2 is 1.92 bits per heavy atom. The molecule has 2 N–H and O–H groups in total. The molecule has 0 fully saturated rings. The highest BCUT2D eigenvalue weighted by Crippen LogP contribution is 2.46. The zero-order chi connectivity index (χ0) is 26.8. The van der Waals surface area contributed by atoms with Gasteiger partial charge in [-0.05, 0) is 66.4 Å². The first-order chi connectivity index (χ1) is 18.4. The normalized spacial score (nSPS) is 14.7. The van der Waals surface area contributed by atoms with Crippen molar-refractivity contribution in [3.05, 3.63) is 99.5 Å². The molecule has 1 aliphatic rings. The lowest BCUT2D eigenvalue weighted by molar-refractivity contribution is 0.0730. The number of H-pyrrole nitrogens is 1. The molecule has 1 amide bonds. The molecule has 0 saturated heterocycles. The van der Waals surface area contributed by atoms with Crippen LogP contribution in [0.25, 0.3) is 11.3 Å². The molecule has 0 spiro atoms. The summed E-state index contributed by atoms with van der Waals surface area (Å²) in [6.45, 7) is 4.82. The smallest absolute Gasteiger partial charge is 0.273 e. The lowest BCUT2D eigenvalue weighted by atomic mass is 9.95. The lowest BCUT2D eigenvalue weighted by Gasteiger charge is -2.27. The van der Waals surface area contributed by atoms with Crippen molar-refractivity contribution in [2.45, 2.75) is 45.7 Å². The van der Waals surface area contributed by atoms with Crippen LogP contribution in [0, 0.1) is 12.7 Å². The number of halogens is 2. The maximum Gasteiger partial charge on any atom is 0.273 e. The third-order valence-corrected chi connectivity index (χ3v) is 7.26. The van der Waals surface area contributed by atoms with Gasteiger partial charge in [0.15, 0.2) is 0 Å². The predicted molar refractivity (Wildman–Crippen MR) is 145 cm³/mol. The molecule has 2 heterocycles. The van der Waals surface area contributed by atoms with E-state index in [0.717, 1.165) is 36.0 Å². The van der Waals surface area contributed by atoms with Crippen molar-refractivity contribution in [2.75, 3.05) is 6.61 Å². The number of unbranched alkanes of at least 4 members (excludes halogenated alkanes) is 2. The standard InChI is InChI=1S/C30H29ClFN3O3/c1-3-4-5-13-38-22-8-6-7-20(15-22)29-26-27(23-16-24(31)18(2)14-25(23)36)33-34-28(26)30(37)35(29)17-19-9-11-21(32)12-10-19/h6-12,14-16,29,36H,3-5,13,17H2,1-2H3,(H,33,34). The van der Waals surface area contributed by atoms with Crippen LogP contribution < -0.4 is 4.74 Å². The molecule has 0 bridgehead atoms. The van der Waals surface area contributed by atoms with Crippen LogP contribution in [0.5, 0.6) is 11.5 Å². The van der Waals surface area contributed by atoms with Gasteiger partial charge >= 0.3 is 0 Å². The number of carbonyl (C=O) groups is 1. The molecule has 0 saturated carbocycles. The van der Waals surface area contributed by atoms with Crippen LogP contribution in [-0.4, -0.2) is 32.7 Å². The third-order valence-electron chi connectivity index (χ3n) is 6.85. The van der Waals surface area contributed by atoms with Gasteiger partial charge in [0.25, 0.3) is 5.91 Å². The summed E-state index contributed by atoms with van der Waals surface area (Å²) >= 11 is 6.40. The number of aromatic amines is 1. The Kier molecular flexibility index (Phi) is 7.38. The number of aryl methyl sites for hydroxylation is 1. The number of aromatic nitrogens is 2. The summed E-state index contributed by atoms with van der Waals surface area (Å²) in [5, 5.41) is 18.6. The largest absolute Gasteiger partial charge is 0.507 e. The second kappa shape index (κ2) is 10.9. The predicted octanol–water partition coefficient (Wildman–Crippen LogP) is 7.20. The summed E-state index contributed by atoms with van der Waals surface area (Å²) in [6.07, 6.45) is 3.16. The number of amides is 1. The Balaban J connectivity index is 1.59. The Labute approximate surface area is 226 Å². The van der Waals surface area contributed by atoms with Crippen LogP contribution >= 0.6 is 11.6 Å². The van der Waals surface area contributed by atoms with E-state index in [1.54, 1.807) is 29.2 Å². The number of hydrogen-bond acceptors (Lipinski definition) is 4. The Morgan fingerprint density at radius 1 is 1.13 bits per heavy atom. The van der Waals surface area contributed by atoms with Crippen LogP contribution in [0.4, 0.5) is 4.39 Å². The van der Waals surface area contributed by atoms with Gasteiger partial charge in [0, 0.05) is 22.7 Å². The molecular formula is C30H29ClFN3O3. The molecule has 6 nitrogen and oxygen atoms in total. The summed E-state index contributed by atoms with van der Waals surface area (Å²) in [5.74, 6) is 0.166. The monoisotopic (exact) mass is 533 g/mol. The van der Waals surface area contributed by atoms with E-state index in [2.05, 4.69) is 17.1 Å². The fourth-order valence-corrected chi connectivity index (χ4v) is 5.03. The number of ether oxygens (including phenoxy) is 1. The maximum atomic E-state index is 13.7. The number of rotatable bonds is 9. The fraction of sp³-hybridized carbons (Fsp3) is 0.267. The van der Waals surface area contributed by atoms with Crippen molar-refractivity contribution in [3.63, 3.8) is 0 Å². The molecule has 38 heavy (non-hydrogen) atoms. The van der Waals surface area contributed by atoms with Crippen molar-refractivity contribution < 1.29 is 19.0 Å². The molecule has 3 aromatic carbocycles. The van der Waals surface area contributed by atoms with Crippen LogP contribution in [0.15, 0.2) is 60.7 Å². The average Bonchev–Trinajstić information content (AvgIpc) is 3.44. The molecule has 0 aliphatic carbocycles. The number of benzene rings is 3. The van der Waals surface area contributed by atoms with E-state index in [1.165, 1.54) is 12.1 Å². The van der Waals surface area contributed by atoms with Gasteiger partial charge in [-0.15, -0.1) is 0 Å². The van der Waals surface area contributed by atoms with Crippen LogP contribution in [0.2, 0.25) is 5.02 Å². The maximum absolute atomic E-state index is 13.7. The van der Waals surface area contributed by atoms with Gasteiger partial charge in [-0.3, -0.25) is 9.89 Å². The van der Waals surface area contributed by atoms with Gasteiger partial charge in [-0.2, -0.15) is 5.10 Å². The average molecular weight is 534 g/mol. The summed E-state index contributed by atoms with van der Waals surface area (Å²) in [4.78, 5) is 15.4. The summed E-state index contributed by atoms with van der Waals surface area (Å²) < 4.78 is 19.6. The van der Waals surface area contributed by atoms with Crippen LogP contribution in [-0.2, 0) is 6.54 Å². The SMILES string of the molecule is CCCCCOc1cccc(C2c3c(-c4cc(Cl)c(C)cc4O)n[nH]c3C(=O)N2Cc2ccc(F)cc2)c1. The van der Waals surface area contributed by atoms with Gasteiger partial charge in [0.1, 0.15) is 28.7 Å². The Bertz CT molecular complexity index is 1470. The van der Waals surface area contributed by atoms with E-state index in [1.807, 2.05) is 31.2 Å². The quantitative estimate of drug-likeness (QED) is 0.223. The van der Waals surface area contributed by atoms with Crippen molar-refractivity contribution in [2.24, 2.45) is 0 Å². The van der Waals surface area contributed by atoms with E-state index >= 15 is 0 Å². The minimum atomic E-state index is -0.519. The van der Waals surface area contributed by atoms with E-state index in [4.69, 9.17) is 16.3 Å². The number of hydrogen-bond donors (Lipinski definition) is 2. The number of nitrogens with one attached hydrogen (secondary N) is 1. The molecule has 1 aliphatic heterocycles. The van der Waals surface area contributed by atoms with Crippen molar-refractivity contribution in [3.8, 4) is 22.8 Å². The van der Waals surface area contributed by atoms with Crippen molar-refractivity contribution >= 4 is 17.5 Å². The van der Waals surface area contributed by atoms with Crippen LogP contribution in [0.3, 0.4) is 0 Å². The zero-order valence-electron chi connectivity index (χ0n) is 21.3. The number of fused-ring (bicyclic) bond motifs is 1. The van der Waals surface area contributed by atoms with Crippen molar-refractivity contribution in [1.82, 2.24) is 15.1 Å². The van der Waals surface area contributed by atoms with Gasteiger partial charge in [0.2, 0.25) is 0 Å². The third kappa shape index (κ3) is 4.98. The molecule has 5 rings (SSSR count). The molecule has 1 aromatic heterocycles. The molecule has 0 radical (unpaired) electrons. The van der Waals surface area contributed by atoms with E-state index in [9.17, 15) is 14.3 Å². The number of aromatic hydroxyl groups is 1.